The van der Waals surface area contributed by atoms with Gasteiger partial charge in [0.05, 0.1) is 22.1 Å². The molecule has 0 aliphatic carbocycles. The molecule has 0 heterocycles. The summed E-state index contributed by atoms with van der Waals surface area (Å²) < 4.78 is 5.50. The molecule has 2 N–H and O–H groups in total. The van der Waals surface area contributed by atoms with E-state index < -0.39 is 33.0 Å². The first-order valence-corrected chi connectivity index (χ1v) is 9.71. The molecule has 13 heteroatoms. The number of rotatable bonds is 7. The van der Waals surface area contributed by atoms with Gasteiger partial charge in [0.1, 0.15) is 5.75 Å². The number of carbonyl (C=O) groups excluding carboxylic acids is 2. The van der Waals surface area contributed by atoms with Gasteiger partial charge in [0.25, 0.3) is 5.69 Å². The van der Waals surface area contributed by atoms with Crippen molar-refractivity contribution in [2.45, 2.75) is 0 Å². The van der Waals surface area contributed by atoms with E-state index >= 15 is 0 Å². The quantitative estimate of drug-likeness (QED) is 0.221. The zero-order valence-electron chi connectivity index (χ0n) is 17.0. The van der Waals surface area contributed by atoms with Crippen LogP contribution in [0.1, 0.15) is 5.56 Å². The van der Waals surface area contributed by atoms with Crippen LogP contribution in [-0.2, 0) is 9.59 Å². The molecule has 0 atom stereocenters. The van der Waals surface area contributed by atoms with Gasteiger partial charge in [-0.25, -0.2) is 5.43 Å². The Morgan fingerprint density at radius 2 is 1.71 bits per heavy atom. The van der Waals surface area contributed by atoms with Gasteiger partial charge in [0.2, 0.25) is 5.75 Å². The van der Waals surface area contributed by atoms with Crippen LogP contribution in [0.25, 0.3) is 0 Å². The number of anilines is 1. The van der Waals surface area contributed by atoms with Gasteiger partial charge < -0.3 is 10.1 Å². The van der Waals surface area contributed by atoms with Gasteiger partial charge >= 0.3 is 17.5 Å². The van der Waals surface area contributed by atoms with E-state index in [2.05, 4.69) is 15.8 Å². The molecule has 0 spiro atoms. The van der Waals surface area contributed by atoms with Gasteiger partial charge in [-0.1, -0.05) is 29.8 Å². The van der Waals surface area contributed by atoms with Crippen molar-refractivity contribution in [2.24, 2.45) is 5.10 Å². The predicted molar refractivity (Wildman–Crippen MR) is 122 cm³/mol. The third-order valence-corrected chi connectivity index (χ3v) is 4.34. The topological polar surface area (TPSA) is 166 Å². The molecule has 0 saturated carbocycles. The molecule has 3 aromatic rings. The van der Waals surface area contributed by atoms with E-state index in [0.717, 1.165) is 18.2 Å². The summed E-state index contributed by atoms with van der Waals surface area (Å²) in [6.45, 7) is 0. The molecule has 0 saturated heterocycles. The molecule has 0 bridgehead atoms. The molecule has 3 aromatic carbocycles. The zero-order chi connectivity index (χ0) is 24.7. The normalized spacial score (nSPS) is 10.5. The number of nitro benzene ring substituents is 2. The molecule has 0 aromatic heterocycles. The van der Waals surface area contributed by atoms with Gasteiger partial charge in [-0.15, -0.1) is 0 Å². The highest BCUT2D eigenvalue weighted by Gasteiger charge is 2.21. The SMILES string of the molecule is O=C(N/N=C/c1cccc(Oc2ccc([N+](=O)[O-])cc2[N+](=O)[O-])c1)C(=O)Nc1cccc(Cl)c1. The van der Waals surface area contributed by atoms with E-state index in [1.807, 2.05) is 0 Å². The fourth-order valence-electron chi connectivity index (χ4n) is 2.60. The van der Waals surface area contributed by atoms with Crippen LogP contribution in [0.2, 0.25) is 5.02 Å². The number of nitro groups is 2. The molecule has 172 valence electrons. The molecule has 0 aliphatic heterocycles. The van der Waals surface area contributed by atoms with Crippen LogP contribution >= 0.6 is 11.6 Å². The lowest BCUT2D eigenvalue weighted by Crippen LogP contribution is -2.32. The van der Waals surface area contributed by atoms with Crippen molar-refractivity contribution in [2.75, 3.05) is 5.32 Å². The second kappa shape index (κ2) is 10.7. The highest BCUT2D eigenvalue weighted by atomic mass is 35.5. The Hall–Kier alpha value is -4.84. The van der Waals surface area contributed by atoms with E-state index in [1.54, 1.807) is 30.3 Å². The zero-order valence-corrected chi connectivity index (χ0v) is 17.8. The van der Waals surface area contributed by atoms with Crippen LogP contribution in [0.5, 0.6) is 11.5 Å². The largest absolute Gasteiger partial charge is 0.450 e. The van der Waals surface area contributed by atoms with E-state index in [-0.39, 0.29) is 11.5 Å². The van der Waals surface area contributed by atoms with Crippen LogP contribution in [0.4, 0.5) is 17.1 Å². The summed E-state index contributed by atoms with van der Waals surface area (Å²) in [5, 5.41) is 28.6. The number of nitrogens with one attached hydrogen (secondary N) is 2. The third kappa shape index (κ3) is 6.34. The first kappa shape index (κ1) is 23.8. The Morgan fingerprint density at radius 3 is 2.41 bits per heavy atom. The number of carbonyl (C=O) groups is 2. The molecule has 12 nitrogen and oxygen atoms in total. The summed E-state index contributed by atoms with van der Waals surface area (Å²) in [6.07, 6.45) is 1.22. The van der Waals surface area contributed by atoms with Crippen molar-refractivity contribution in [1.29, 1.82) is 0 Å². The predicted octanol–water partition coefficient (Wildman–Crippen LogP) is 4.04. The minimum Gasteiger partial charge on any atom is -0.450 e. The number of non-ortho nitro benzene ring substituents is 1. The maximum Gasteiger partial charge on any atom is 0.329 e. The van der Waals surface area contributed by atoms with E-state index in [1.165, 1.54) is 24.4 Å². The second-order valence-corrected chi connectivity index (χ2v) is 6.94. The summed E-state index contributed by atoms with van der Waals surface area (Å²) in [4.78, 5) is 44.4. The van der Waals surface area contributed by atoms with E-state index in [4.69, 9.17) is 16.3 Å². The highest BCUT2D eigenvalue weighted by Crippen LogP contribution is 2.34. The molecule has 0 radical (unpaired) electrons. The van der Waals surface area contributed by atoms with Crippen LogP contribution < -0.4 is 15.5 Å². The molecule has 0 unspecified atom stereocenters. The number of nitrogens with zero attached hydrogens (tertiary/aromatic N) is 3. The van der Waals surface area contributed by atoms with Crippen molar-refractivity contribution in [3.63, 3.8) is 0 Å². The maximum absolute atomic E-state index is 11.9. The summed E-state index contributed by atoms with van der Waals surface area (Å²) in [5.41, 5.74) is 1.80. The highest BCUT2D eigenvalue weighted by molar-refractivity contribution is 6.39. The number of hydrogen-bond donors (Lipinski definition) is 2. The molecule has 0 aliphatic rings. The van der Waals surface area contributed by atoms with Gasteiger partial charge in [-0.05, 0) is 42.0 Å². The Kier molecular flexibility index (Phi) is 7.46. The summed E-state index contributed by atoms with van der Waals surface area (Å²) in [6, 6.07) is 15.3. The van der Waals surface area contributed by atoms with Gasteiger partial charge in [-0.3, -0.25) is 29.8 Å². The molecular formula is C21H14ClN5O7. The third-order valence-electron chi connectivity index (χ3n) is 4.10. The maximum atomic E-state index is 11.9. The lowest BCUT2D eigenvalue weighted by Gasteiger charge is -2.07. The Labute approximate surface area is 196 Å². The van der Waals surface area contributed by atoms with Crippen molar-refractivity contribution in [1.82, 2.24) is 5.43 Å². The van der Waals surface area contributed by atoms with Gasteiger partial charge in [-0.2, -0.15) is 5.10 Å². The fourth-order valence-corrected chi connectivity index (χ4v) is 2.79. The molecule has 3 rings (SSSR count). The van der Waals surface area contributed by atoms with Crippen molar-refractivity contribution in [3.8, 4) is 11.5 Å². The number of halogens is 1. The molecule has 2 amide bonds. The Morgan fingerprint density at radius 1 is 0.941 bits per heavy atom. The van der Waals surface area contributed by atoms with Gasteiger partial charge in [0, 0.05) is 16.8 Å². The average molecular weight is 484 g/mol. The lowest BCUT2D eigenvalue weighted by molar-refractivity contribution is -0.394. The Bertz CT molecular complexity index is 1310. The fraction of sp³-hybridized carbons (Fsp3) is 0. The van der Waals surface area contributed by atoms with Crippen LogP contribution in [0, 0.1) is 20.2 Å². The first-order valence-electron chi connectivity index (χ1n) is 9.33. The summed E-state index contributed by atoms with van der Waals surface area (Å²) in [7, 11) is 0. The van der Waals surface area contributed by atoms with Gasteiger partial charge in [0.15, 0.2) is 0 Å². The standard InChI is InChI=1S/C21H14ClN5O7/c22-14-4-2-5-15(10-14)24-20(28)21(29)25-23-12-13-3-1-6-17(9-13)34-19-8-7-16(26(30)31)11-18(19)27(32)33/h1-12H,(H,24,28)(H,25,29)/b23-12+. The average Bonchev–Trinajstić information content (AvgIpc) is 2.79. The molecule has 0 fully saturated rings. The van der Waals surface area contributed by atoms with Crippen LogP contribution in [0.3, 0.4) is 0 Å². The number of hydrogen-bond acceptors (Lipinski definition) is 8. The van der Waals surface area contributed by atoms with Crippen molar-refractivity contribution < 1.29 is 24.2 Å². The van der Waals surface area contributed by atoms with E-state index in [0.29, 0.717) is 16.3 Å². The minimum absolute atomic E-state index is 0.172. The minimum atomic E-state index is -1.02. The molecular weight excluding hydrogens is 470 g/mol. The Balaban J connectivity index is 1.65. The van der Waals surface area contributed by atoms with Crippen molar-refractivity contribution >= 4 is 46.7 Å². The summed E-state index contributed by atoms with van der Waals surface area (Å²) in [5.74, 6) is -2.01. The van der Waals surface area contributed by atoms with E-state index in [9.17, 15) is 29.8 Å². The van der Waals surface area contributed by atoms with Crippen LogP contribution in [0.15, 0.2) is 71.8 Å². The first-order chi connectivity index (χ1) is 16.2. The monoisotopic (exact) mass is 483 g/mol. The second-order valence-electron chi connectivity index (χ2n) is 6.50. The number of ether oxygens (including phenoxy) is 1. The number of hydrazone groups is 1. The number of benzene rings is 3. The number of amides is 2. The smallest absolute Gasteiger partial charge is 0.329 e. The summed E-state index contributed by atoms with van der Waals surface area (Å²) >= 11 is 5.82. The van der Waals surface area contributed by atoms with Crippen molar-refractivity contribution in [3.05, 3.63) is 97.5 Å². The lowest BCUT2D eigenvalue weighted by atomic mass is 10.2. The van der Waals surface area contributed by atoms with Crippen LogP contribution in [-0.4, -0.2) is 27.9 Å². The molecule has 34 heavy (non-hydrogen) atoms.